The molecule has 124 valence electrons. The number of urea groups is 1. The van der Waals surface area contributed by atoms with Crippen LogP contribution in [0, 0.1) is 0 Å². The Labute approximate surface area is 137 Å². The minimum absolute atomic E-state index is 0.0334. The predicted octanol–water partition coefficient (Wildman–Crippen LogP) is 2.51. The lowest BCUT2D eigenvalue weighted by Gasteiger charge is -2.23. The monoisotopic (exact) mass is 316 g/mol. The van der Waals surface area contributed by atoms with Crippen molar-refractivity contribution in [2.24, 2.45) is 0 Å². The van der Waals surface area contributed by atoms with Gasteiger partial charge in [0.1, 0.15) is 5.75 Å². The second-order valence-corrected chi connectivity index (χ2v) is 5.26. The maximum atomic E-state index is 12.2. The van der Waals surface area contributed by atoms with E-state index in [-0.39, 0.29) is 6.03 Å². The van der Waals surface area contributed by atoms with E-state index >= 15 is 0 Å². The van der Waals surface area contributed by atoms with Gasteiger partial charge in [0, 0.05) is 38.6 Å². The Balaban J connectivity index is 1.93. The highest BCUT2D eigenvalue weighted by Gasteiger charge is 2.13. The highest BCUT2D eigenvalue weighted by Crippen LogP contribution is 2.13. The van der Waals surface area contributed by atoms with Gasteiger partial charge in [0.15, 0.2) is 0 Å². The molecule has 0 aliphatic heterocycles. The number of benzene rings is 1. The quantitative estimate of drug-likeness (QED) is 0.814. The van der Waals surface area contributed by atoms with Gasteiger partial charge < -0.3 is 19.5 Å². The summed E-state index contributed by atoms with van der Waals surface area (Å²) >= 11 is 0. The van der Waals surface area contributed by atoms with E-state index in [1.54, 1.807) is 19.6 Å². The number of nitrogens with zero attached hydrogens (tertiary/aromatic N) is 3. The lowest BCUT2D eigenvalue weighted by molar-refractivity contribution is 0.194. The third-order valence-electron chi connectivity index (χ3n) is 3.55. The van der Waals surface area contributed by atoms with Crippen LogP contribution in [0.25, 0.3) is 0 Å². The van der Waals surface area contributed by atoms with Gasteiger partial charge in [0.2, 0.25) is 0 Å². The lowest BCUT2D eigenvalue weighted by Crippen LogP contribution is -2.40. The molecule has 0 spiro atoms. The Morgan fingerprint density at radius 1 is 1.35 bits per heavy atom. The molecule has 0 unspecified atom stereocenters. The van der Waals surface area contributed by atoms with Gasteiger partial charge in [-0.3, -0.25) is 0 Å². The molecule has 0 atom stereocenters. The zero-order chi connectivity index (χ0) is 16.5. The smallest absolute Gasteiger partial charge is 0.317 e. The van der Waals surface area contributed by atoms with Gasteiger partial charge in [-0.15, -0.1) is 0 Å². The summed E-state index contributed by atoms with van der Waals surface area (Å²) in [5.41, 5.74) is 1.08. The zero-order valence-electron chi connectivity index (χ0n) is 13.7. The van der Waals surface area contributed by atoms with Crippen LogP contribution in [0.4, 0.5) is 4.79 Å². The number of hydrogen-bond donors (Lipinski definition) is 1. The van der Waals surface area contributed by atoms with Crippen LogP contribution in [0.5, 0.6) is 5.75 Å². The minimum Gasteiger partial charge on any atom is -0.497 e. The van der Waals surface area contributed by atoms with Crippen LogP contribution >= 0.6 is 0 Å². The molecule has 2 rings (SSSR count). The first-order valence-corrected chi connectivity index (χ1v) is 7.84. The zero-order valence-corrected chi connectivity index (χ0v) is 13.7. The molecule has 0 fully saturated rings. The first kappa shape index (κ1) is 16.9. The third-order valence-corrected chi connectivity index (χ3v) is 3.55. The molecular weight excluding hydrogens is 292 g/mol. The molecular formula is C17H24N4O2. The van der Waals surface area contributed by atoms with Crippen LogP contribution in [0.15, 0.2) is 43.0 Å². The minimum atomic E-state index is -0.0334. The van der Waals surface area contributed by atoms with Crippen molar-refractivity contribution in [1.29, 1.82) is 0 Å². The first-order chi connectivity index (χ1) is 11.2. The van der Waals surface area contributed by atoms with E-state index in [9.17, 15) is 4.79 Å². The molecule has 2 aromatic rings. The number of amides is 2. The van der Waals surface area contributed by atoms with Gasteiger partial charge in [-0.05, 0) is 31.0 Å². The van der Waals surface area contributed by atoms with Crippen LogP contribution in [0.3, 0.4) is 0 Å². The number of rotatable bonds is 8. The molecule has 1 aromatic heterocycles. The number of hydrogen-bond acceptors (Lipinski definition) is 3. The fraction of sp³-hybridized carbons (Fsp3) is 0.412. The highest BCUT2D eigenvalue weighted by atomic mass is 16.5. The molecule has 23 heavy (non-hydrogen) atoms. The van der Waals surface area contributed by atoms with Crippen LogP contribution in [0.1, 0.15) is 18.9 Å². The van der Waals surface area contributed by atoms with Crippen molar-refractivity contribution in [3.8, 4) is 5.75 Å². The van der Waals surface area contributed by atoms with Gasteiger partial charge in [-0.2, -0.15) is 0 Å². The van der Waals surface area contributed by atoms with Crippen LogP contribution < -0.4 is 10.1 Å². The Hall–Kier alpha value is -2.50. The Morgan fingerprint density at radius 3 is 2.74 bits per heavy atom. The molecule has 0 bridgehead atoms. The third kappa shape index (κ3) is 5.32. The van der Waals surface area contributed by atoms with Crippen molar-refractivity contribution in [3.05, 3.63) is 48.5 Å². The summed E-state index contributed by atoms with van der Waals surface area (Å²) in [4.78, 5) is 18.1. The van der Waals surface area contributed by atoms with Gasteiger partial charge in [0.05, 0.1) is 13.4 Å². The average molecular weight is 316 g/mol. The van der Waals surface area contributed by atoms with Gasteiger partial charge in [-0.25, -0.2) is 9.78 Å². The summed E-state index contributed by atoms with van der Waals surface area (Å²) in [6, 6.07) is 7.77. The standard InChI is InChI=1S/C17H24N4O2/c1-3-19-17(22)21(11-4-10-20-12-9-18-14-20)13-15-5-7-16(23-2)8-6-15/h5-9,12,14H,3-4,10-11,13H2,1-2H3,(H,19,22). The Kier molecular flexibility index (Phi) is 6.47. The summed E-state index contributed by atoms with van der Waals surface area (Å²) in [5, 5.41) is 2.88. The molecule has 0 aliphatic rings. The molecule has 1 N–H and O–H groups in total. The number of aryl methyl sites for hydroxylation is 1. The van der Waals surface area contributed by atoms with Gasteiger partial charge in [0.25, 0.3) is 0 Å². The molecule has 0 saturated heterocycles. The van der Waals surface area contributed by atoms with Crippen molar-refractivity contribution < 1.29 is 9.53 Å². The van der Waals surface area contributed by atoms with Gasteiger partial charge in [-0.1, -0.05) is 12.1 Å². The number of aromatic nitrogens is 2. The summed E-state index contributed by atoms with van der Waals surface area (Å²) in [7, 11) is 1.64. The average Bonchev–Trinajstić information content (AvgIpc) is 3.08. The van der Waals surface area contributed by atoms with E-state index in [2.05, 4.69) is 10.3 Å². The molecule has 0 saturated carbocycles. The summed E-state index contributed by atoms with van der Waals surface area (Å²) in [6.07, 6.45) is 6.36. The maximum Gasteiger partial charge on any atom is 0.317 e. The summed E-state index contributed by atoms with van der Waals surface area (Å²) < 4.78 is 7.18. The molecule has 1 aromatic carbocycles. The van der Waals surface area contributed by atoms with E-state index in [0.717, 1.165) is 24.3 Å². The summed E-state index contributed by atoms with van der Waals surface area (Å²) in [5.74, 6) is 0.818. The van der Waals surface area contributed by atoms with Crippen LogP contribution in [-0.2, 0) is 13.1 Å². The second kappa shape index (κ2) is 8.82. The molecule has 1 heterocycles. The van der Waals surface area contributed by atoms with Crippen LogP contribution in [-0.4, -0.2) is 40.7 Å². The fourth-order valence-electron chi connectivity index (χ4n) is 2.33. The van der Waals surface area contributed by atoms with E-state index in [4.69, 9.17) is 4.74 Å². The lowest BCUT2D eigenvalue weighted by atomic mass is 10.2. The normalized spacial score (nSPS) is 10.3. The van der Waals surface area contributed by atoms with Crippen molar-refractivity contribution >= 4 is 6.03 Å². The largest absolute Gasteiger partial charge is 0.497 e. The Bertz CT molecular complexity index is 581. The number of methoxy groups -OCH3 is 1. The van der Waals surface area contributed by atoms with Crippen LogP contribution in [0.2, 0.25) is 0 Å². The molecule has 2 amide bonds. The number of imidazole rings is 1. The molecule has 6 nitrogen and oxygen atoms in total. The number of nitrogens with one attached hydrogen (secondary N) is 1. The van der Waals surface area contributed by atoms with E-state index in [1.807, 2.05) is 46.9 Å². The second-order valence-electron chi connectivity index (χ2n) is 5.26. The predicted molar refractivity (Wildman–Crippen MR) is 89.3 cm³/mol. The fourth-order valence-corrected chi connectivity index (χ4v) is 2.33. The highest BCUT2D eigenvalue weighted by molar-refractivity contribution is 5.74. The molecule has 6 heteroatoms. The SMILES string of the molecule is CCNC(=O)N(CCCn1ccnc1)Cc1ccc(OC)cc1. The first-order valence-electron chi connectivity index (χ1n) is 7.84. The molecule has 0 radical (unpaired) electrons. The summed E-state index contributed by atoms with van der Waals surface area (Å²) in [6.45, 7) is 4.67. The van der Waals surface area contributed by atoms with Crippen molar-refractivity contribution in [2.75, 3.05) is 20.2 Å². The van der Waals surface area contributed by atoms with E-state index < -0.39 is 0 Å². The van der Waals surface area contributed by atoms with Crippen molar-refractivity contribution in [3.63, 3.8) is 0 Å². The van der Waals surface area contributed by atoms with E-state index in [0.29, 0.717) is 19.6 Å². The van der Waals surface area contributed by atoms with E-state index in [1.165, 1.54) is 0 Å². The number of carbonyl (C=O) groups is 1. The van der Waals surface area contributed by atoms with Gasteiger partial charge >= 0.3 is 6.03 Å². The number of carbonyl (C=O) groups excluding carboxylic acids is 1. The van der Waals surface area contributed by atoms with Crippen molar-refractivity contribution in [1.82, 2.24) is 19.8 Å². The van der Waals surface area contributed by atoms with Crippen molar-refractivity contribution in [2.45, 2.75) is 26.4 Å². The maximum absolute atomic E-state index is 12.2. The molecule has 0 aliphatic carbocycles. The Morgan fingerprint density at radius 2 is 2.13 bits per heavy atom. The topological polar surface area (TPSA) is 59.4 Å². The number of ether oxygens (including phenoxy) is 1.